The van der Waals surface area contributed by atoms with Crippen LogP contribution in [0.4, 0.5) is 0 Å². The first-order chi connectivity index (χ1) is 19.8. The summed E-state index contributed by atoms with van der Waals surface area (Å²) in [5.74, 6) is 0.224. The highest BCUT2D eigenvalue weighted by atomic mass is 79.9. The molecule has 0 spiro atoms. The molecule has 4 atom stereocenters. The third kappa shape index (κ3) is 9.50. The minimum atomic E-state index is -0.612. The van der Waals surface area contributed by atoms with Gasteiger partial charge in [-0.1, -0.05) is 94.8 Å². The van der Waals surface area contributed by atoms with Crippen LogP contribution in [0.5, 0.6) is 0 Å². The predicted molar refractivity (Wildman–Crippen MR) is 166 cm³/mol. The standard InChI is InChI=1S/C35H43BrO5/c1-4-40-34(38)35(2,3)20-31(27-8-6-5-7-9-27)18-30(28-14-10-25(21-37)11-15-28)19-33(36)29-16-12-26(13-17-29)22-39-23-32-24-41-32/h5-17,30-33,37H,4,18-24H2,1-3H3. The fourth-order valence-corrected chi connectivity index (χ4v) is 6.13. The third-order valence-electron chi connectivity index (χ3n) is 7.87. The smallest absolute Gasteiger partial charge is 0.311 e. The molecule has 0 bridgehead atoms. The summed E-state index contributed by atoms with van der Waals surface area (Å²) in [6.45, 7) is 8.27. The molecule has 220 valence electrons. The highest BCUT2D eigenvalue weighted by Crippen LogP contribution is 2.43. The normalized spacial score (nSPS) is 17.0. The average molecular weight is 624 g/mol. The minimum Gasteiger partial charge on any atom is -0.466 e. The maximum absolute atomic E-state index is 12.9. The Morgan fingerprint density at radius 1 is 0.927 bits per heavy atom. The number of epoxide rings is 1. The monoisotopic (exact) mass is 622 g/mol. The molecular formula is C35H43BrO5. The topological polar surface area (TPSA) is 68.3 Å². The second kappa shape index (κ2) is 15.1. The van der Waals surface area contributed by atoms with Crippen LogP contribution < -0.4 is 0 Å². The Bertz CT molecular complexity index is 1210. The van der Waals surface area contributed by atoms with Crippen LogP contribution in [0.15, 0.2) is 78.9 Å². The molecule has 0 saturated carbocycles. The molecule has 0 aromatic heterocycles. The van der Waals surface area contributed by atoms with E-state index in [4.69, 9.17) is 14.2 Å². The Labute approximate surface area is 253 Å². The number of rotatable bonds is 16. The summed E-state index contributed by atoms with van der Waals surface area (Å²) in [4.78, 5) is 13.0. The number of halogens is 1. The van der Waals surface area contributed by atoms with E-state index in [-0.39, 0.29) is 35.3 Å². The number of aliphatic hydroxyl groups excluding tert-OH is 1. The first-order valence-electron chi connectivity index (χ1n) is 14.6. The number of hydrogen-bond donors (Lipinski definition) is 1. The van der Waals surface area contributed by atoms with Gasteiger partial charge in [0, 0.05) is 4.83 Å². The summed E-state index contributed by atoms with van der Waals surface area (Å²) in [6.07, 6.45) is 2.72. The Hall–Kier alpha value is -2.51. The molecule has 1 N–H and O–H groups in total. The lowest BCUT2D eigenvalue weighted by Crippen LogP contribution is -2.29. The van der Waals surface area contributed by atoms with Gasteiger partial charge in [-0.2, -0.15) is 0 Å². The summed E-state index contributed by atoms with van der Waals surface area (Å²) >= 11 is 4.01. The molecule has 4 rings (SSSR count). The van der Waals surface area contributed by atoms with Crippen LogP contribution in [0, 0.1) is 5.41 Å². The lowest BCUT2D eigenvalue weighted by molar-refractivity contribution is -0.154. The van der Waals surface area contributed by atoms with Crippen LogP contribution in [0.1, 0.15) is 84.5 Å². The zero-order valence-electron chi connectivity index (χ0n) is 24.4. The number of alkyl halides is 1. The Balaban J connectivity index is 1.55. The molecule has 1 aliphatic rings. The van der Waals surface area contributed by atoms with E-state index in [1.54, 1.807) is 0 Å². The zero-order chi connectivity index (χ0) is 29.2. The van der Waals surface area contributed by atoms with E-state index < -0.39 is 5.41 Å². The van der Waals surface area contributed by atoms with Crippen molar-refractivity contribution >= 4 is 21.9 Å². The Morgan fingerprint density at radius 3 is 2.15 bits per heavy atom. The van der Waals surface area contributed by atoms with E-state index in [0.717, 1.165) is 30.6 Å². The van der Waals surface area contributed by atoms with Crippen molar-refractivity contribution in [3.63, 3.8) is 0 Å². The summed E-state index contributed by atoms with van der Waals surface area (Å²) in [6, 6.07) is 27.4. The third-order valence-corrected chi connectivity index (χ3v) is 8.77. The van der Waals surface area contributed by atoms with Crippen molar-refractivity contribution in [2.24, 2.45) is 5.41 Å². The van der Waals surface area contributed by atoms with Gasteiger partial charge < -0.3 is 19.3 Å². The van der Waals surface area contributed by atoms with Crippen molar-refractivity contribution in [1.29, 1.82) is 0 Å². The van der Waals surface area contributed by atoms with Gasteiger partial charge in [0.05, 0.1) is 38.4 Å². The van der Waals surface area contributed by atoms with E-state index >= 15 is 0 Å². The van der Waals surface area contributed by atoms with Crippen molar-refractivity contribution in [3.8, 4) is 0 Å². The lowest BCUT2D eigenvalue weighted by Gasteiger charge is -2.31. The van der Waals surface area contributed by atoms with E-state index in [1.807, 2.05) is 39.0 Å². The van der Waals surface area contributed by atoms with Crippen molar-refractivity contribution in [2.75, 3.05) is 19.8 Å². The largest absolute Gasteiger partial charge is 0.466 e. The van der Waals surface area contributed by atoms with Gasteiger partial charge >= 0.3 is 5.97 Å². The van der Waals surface area contributed by atoms with Gasteiger partial charge in [-0.15, -0.1) is 0 Å². The number of benzene rings is 3. The molecule has 0 amide bonds. The van der Waals surface area contributed by atoms with Crippen LogP contribution in [-0.4, -0.2) is 37.0 Å². The first-order valence-corrected chi connectivity index (χ1v) is 15.5. The van der Waals surface area contributed by atoms with Crippen LogP contribution >= 0.6 is 15.9 Å². The van der Waals surface area contributed by atoms with Crippen LogP contribution in [0.25, 0.3) is 0 Å². The van der Waals surface area contributed by atoms with Crippen LogP contribution in [0.3, 0.4) is 0 Å². The Morgan fingerprint density at radius 2 is 1.54 bits per heavy atom. The highest BCUT2D eigenvalue weighted by Gasteiger charge is 2.34. The average Bonchev–Trinajstić information content (AvgIpc) is 3.82. The van der Waals surface area contributed by atoms with Crippen molar-refractivity contribution in [2.45, 2.75) is 76.0 Å². The zero-order valence-corrected chi connectivity index (χ0v) is 26.0. The van der Waals surface area contributed by atoms with E-state index in [0.29, 0.717) is 26.2 Å². The van der Waals surface area contributed by atoms with Crippen molar-refractivity contribution in [3.05, 3.63) is 107 Å². The molecule has 1 heterocycles. The fourth-order valence-electron chi connectivity index (χ4n) is 5.38. The molecular weight excluding hydrogens is 580 g/mol. The van der Waals surface area contributed by atoms with Gasteiger partial charge in [-0.3, -0.25) is 4.79 Å². The first kappa shape index (κ1) is 31.4. The lowest BCUT2D eigenvalue weighted by atomic mass is 9.74. The van der Waals surface area contributed by atoms with E-state index in [1.165, 1.54) is 16.7 Å². The van der Waals surface area contributed by atoms with Gasteiger partial charge in [-0.25, -0.2) is 0 Å². The Kier molecular flexibility index (Phi) is 11.6. The number of esters is 1. The van der Waals surface area contributed by atoms with E-state index in [2.05, 4.69) is 76.6 Å². The second-order valence-corrected chi connectivity index (χ2v) is 12.8. The van der Waals surface area contributed by atoms with Gasteiger partial charge in [0.25, 0.3) is 0 Å². The molecule has 1 saturated heterocycles. The van der Waals surface area contributed by atoms with Gasteiger partial charge in [-0.05, 0) is 79.7 Å². The summed E-state index contributed by atoms with van der Waals surface area (Å²) < 4.78 is 16.4. The fraction of sp³-hybridized carbons (Fsp3) is 0.457. The van der Waals surface area contributed by atoms with Gasteiger partial charge in [0.2, 0.25) is 0 Å². The molecule has 1 aliphatic heterocycles. The molecule has 0 aliphatic carbocycles. The molecule has 41 heavy (non-hydrogen) atoms. The summed E-state index contributed by atoms with van der Waals surface area (Å²) in [7, 11) is 0. The van der Waals surface area contributed by atoms with Gasteiger partial charge in [0.15, 0.2) is 0 Å². The van der Waals surface area contributed by atoms with Crippen LogP contribution in [-0.2, 0) is 32.2 Å². The number of ether oxygens (including phenoxy) is 3. The van der Waals surface area contributed by atoms with Crippen molar-refractivity contribution < 1.29 is 24.1 Å². The number of carbonyl (C=O) groups excluding carboxylic acids is 1. The van der Waals surface area contributed by atoms with E-state index in [9.17, 15) is 9.90 Å². The molecule has 6 heteroatoms. The predicted octanol–water partition coefficient (Wildman–Crippen LogP) is 7.86. The van der Waals surface area contributed by atoms with Crippen molar-refractivity contribution in [1.82, 2.24) is 0 Å². The van der Waals surface area contributed by atoms with Gasteiger partial charge in [0.1, 0.15) is 6.10 Å². The highest BCUT2D eigenvalue weighted by molar-refractivity contribution is 9.09. The number of hydrogen-bond acceptors (Lipinski definition) is 5. The number of aliphatic hydroxyl groups is 1. The van der Waals surface area contributed by atoms with Crippen LogP contribution in [0.2, 0.25) is 0 Å². The number of carbonyl (C=O) groups is 1. The molecule has 1 fully saturated rings. The summed E-state index contributed by atoms with van der Waals surface area (Å²) in [5, 5.41) is 9.62. The second-order valence-electron chi connectivity index (χ2n) is 11.7. The maximum Gasteiger partial charge on any atom is 0.311 e. The summed E-state index contributed by atoms with van der Waals surface area (Å²) in [5.41, 5.74) is 5.12. The molecule has 0 radical (unpaired) electrons. The minimum absolute atomic E-state index is 0.0239. The molecule has 3 aromatic rings. The molecule has 3 aromatic carbocycles. The molecule has 4 unspecified atom stereocenters. The maximum atomic E-state index is 12.9. The SMILES string of the molecule is CCOC(=O)C(C)(C)CC(CC(CC(Br)c1ccc(COCC2CO2)cc1)c1ccc(CO)cc1)c1ccccc1. The molecule has 5 nitrogen and oxygen atoms in total. The quantitative estimate of drug-likeness (QED) is 0.100.